The van der Waals surface area contributed by atoms with Crippen molar-refractivity contribution in [3.05, 3.63) is 63.9 Å². The topological polar surface area (TPSA) is 39.7 Å². The third kappa shape index (κ3) is 4.57. The van der Waals surface area contributed by atoms with Crippen molar-refractivity contribution in [3.63, 3.8) is 0 Å². The number of aromatic nitrogens is 1. The Morgan fingerprint density at radius 1 is 1.03 bits per heavy atom. The van der Waals surface area contributed by atoms with Crippen LogP contribution in [0.3, 0.4) is 0 Å². The standard InChI is InChI=1S/C26H33ClN4O/c1-29-11-8-19(9-12-29)17-24(32)30-13-15-31(16-14-30)26-23-7-6-22(27)18-21(23)5-4-20-3-2-10-28-25(20)26/h2-3,6-7,10,18-19,26H,4-5,8-9,11-17H2,1H3/t26-/m1/s1. The molecule has 6 heteroatoms. The average molecular weight is 453 g/mol. The summed E-state index contributed by atoms with van der Waals surface area (Å²) >= 11 is 6.34. The molecule has 170 valence electrons. The van der Waals surface area contributed by atoms with Gasteiger partial charge in [-0.2, -0.15) is 0 Å². The fraction of sp³-hybridized carbons (Fsp3) is 0.538. The molecule has 1 atom stereocenters. The molecular weight excluding hydrogens is 420 g/mol. The van der Waals surface area contributed by atoms with Crippen molar-refractivity contribution in [2.75, 3.05) is 46.3 Å². The van der Waals surface area contributed by atoms with Gasteiger partial charge in [-0.25, -0.2) is 0 Å². The van der Waals surface area contributed by atoms with E-state index in [2.05, 4.69) is 39.9 Å². The second kappa shape index (κ2) is 9.50. The van der Waals surface area contributed by atoms with E-state index in [9.17, 15) is 4.79 Å². The van der Waals surface area contributed by atoms with E-state index in [0.29, 0.717) is 18.2 Å². The summed E-state index contributed by atoms with van der Waals surface area (Å²) in [5.41, 5.74) is 5.13. The van der Waals surface area contributed by atoms with Crippen LogP contribution < -0.4 is 0 Å². The number of rotatable bonds is 3. The van der Waals surface area contributed by atoms with E-state index in [1.165, 1.54) is 22.4 Å². The van der Waals surface area contributed by atoms with Crippen molar-refractivity contribution in [2.45, 2.75) is 38.1 Å². The van der Waals surface area contributed by atoms with Crippen LogP contribution in [0, 0.1) is 5.92 Å². The van der Waals surface area contributed by atoms with Crippen LogP contribution in [0.25, 0.3) is 0 Å². The third-order valence-electron chi connectivity index (χ3n) is 7.58. The monoisotopic (exact) mass is 452 g/mol. The molecule has 32 heavy (non-hydrogen) atoms. The normalized spacial score (nSPS) is 22.8. The zero-order valence-electron chi connectivity index (χ0n) is 19.0. The van der Waals surface area contributed by atoms with Gasteiger partial charge >= 0.3 is 0 Å². The fourth-order valence-corrected chi connectivity index (χ4v) is 5.82. The van der Waals surface area contributed by atoms with Gasteiger partial charge in [-0.15, -0.1) is 0 Å². The predicted molar refractivity (Wildman–Crippen MR) is 128 cm³/mol. The Kier molecular flexibility index (Phi) is 6.49. The first-order valence-electron chi connectivity index (χ1n) is 12.0. The Hall–Kier alpha value is -1.95. The molecule has 0 spiro atoms. The molecule has 2 saturated heterocycles. The molecule has 0 unspecified atom stereocenters. The second-order valence-electron chi connectivity index (χ2n) is 9.66. The smallest absolute Gasteiger partial charge is 0.222 e. The second-order valence-corrected chi connectivity index (χ2v) is 10.1. The van der Waals surface area contributed by atoms with Crippen LogP contribution in [-0.4, -0.2) is 71.9 Å². The van der Waals surface area contributed by atoms with E-state index in [-0.39, 0.29) is 6.04 Å². The lowest BCUT2D eigenvalue weighted by Gasteiger charge is -2.40. The zero-order chi connectivity index (χ0) is 22.1. The minimum atomic E-state index is 0.132. The number of likely N-dealkylation sites (tertiary alicyclic amines) is 1. The zero-order valence-corrected chi connectivity index (χ0v) is 19.7. The number of fused-ring (bicyclic) bond motifs is 2. The van der Waals surface area contributed by atoms with Gasteiger partial charge in [0.25, 0.3) is 0 Å². The van der Waals surface area contributed by atoms with Gasteiger partial charge in [-0.05, 0) is 86.6 Å². The molecule has 0 bridgehead atoms. The lowest BCUT2D eigenvalue weighted by Crippen LogP contribution is -2.50. The number of carbonyl (C=O) groups is 1. The average Bonchev–Trinajstić information content (AvgIpc) is 2.97. The summed E-state index contributed by atoms with van der Waals surface area (Å²) in [4.78, 5) is 24.8. The first kappa shape index (κ1) is 21.9. The van der Waals surface area contributed by atoms with Crippen LogP contribution in [0.15, 0.2) is 36.5 Å². The number of halogens is 1. The maximum Gasteiger partial charge on any atom is 0.222 e. The summed E-state index contributed by atoms with van der Waals surface area (Å²) in [6.45, 7) is 5.58. The van der Waals surface area contributed by atoms with Gasteiger partial charge < -0.3 is 9.80 Å². The molecule has 1 amide bonds. The molecule has 2 fully saturated rings. The minimum Gasteiger partial charge on any atom is -0.340 e. The molecule has 1 aromatic heterocycles. The largest absolute Gasteiger partial charge is 0.340 e. The SMILES string of the molecule is CN1CCC(CC(=O)N2CCN([C@@H]3c4ccc(Cl)cc4CCc4cccnc43)CC2)CC1. The van der Waals surface area contributed by atoms with Crippen LogP contribution in [0.4, 0.5) is 0 Å². The van der Waals surface area contributed by atoms with Gasteiger partial charge in [-0.1, -0.05) is 23.7 Å². The molecule has 5 rings (SSSR count). The van der Waals surface area contributed by atoms with E-state index < -0.39 is 0 Å². The molecule has 1 aliphatic carbocycles. The number of pyridine rings is 1. The van der Waals surface area contributed by atoms with Crippen molar-refractivity contribution >= 4 is 17.5 Å². The molecule has 2 aliphatic heterocycles. The minimum absolute atomic E-state index is 0.132. The van der Waals surface area contributed by atoms with Crippen LogP contribution in [0.2, 0.25) is 5.02 Å². The lowest BCUT2D eigenvalue weighted by atomic mass is 9.93. The van der Waals surface area contributed by atoms with Crippen molar-refractivity contribution < 1.29 is 4.79 Å². The van der Waals surface area contributed by atoms with Crippen LogP contribution in [-0.2, 0) is 17.6 Å². The summed E-state index contributed by atoms with van der Waals surface area (Å²) < 4.78 is 0. The molecule has 2 aromatic rings. The predicted octanol–water partition coefficient (Wildman–Crippen LogP) is 3.80. The number of hydrogen-bond acceptors (Lipinski definition) is 4. The quantitative estimate of drug-likeness (QED) is 0.710. The summed E-state index contributed by atoms with van der Waals surface area (Å²) in [5, 5.41) is 0.797. The maximum absolute atomic E-state index is 13.0. The number of carbonyl (C=O) groups excluding carboxylic acids is 1. The third-order valence-corrected chi connectivity index (χ3v) is 7.82. The van der Waals surface area contributed by atoms with Crippen LogP contribution in [0.5, 0.6) is 0 Å². The van der Waals surface area contributed by atoms with Gasteiger partial charge in [-0.3, -0.25) is 14.7 Å². The first-order valence-corrected chi connectivity index (χ1v) is 12.4. The molecule has 0 radical (unpaired) electrons. The number of nitrogens with zero attached hydrogens (tertiary/aromatic N) is 4. The number of aryl methyl sites for hydroxylation is 2. The first-order chi connectivity index (χ1) is 15.6. The number of piperidine rings is 1. The maximum atomic E-state index is 13.0. The molecule has 1 aromatic carbocycles. The molecule has 0 saturated carbocycles. The highest BCUT2D eigenvalue weighted by Crippen LogP contribution is 2.37. The van der Waals surface area contributed by atoms with E-state index >= 15 is 0 Å². The van der Waals surface area contributed by atoms with E-state index in [1.54, 1.807) is 0 Å². The van der Waals surface area contributed by atoms with E-state index in [4.69, 9.17) is 16.6 Å². The van der Waals surface area contributed by atoms with Crippen LogP contribution in [0.1, 0.15) is 47.7 Å². The van der Waals surface area contributed by atoms with Gasteiger partial charge in [0.2, 0.25) is 5.91 Å². The number of benzene rings is 1. The number of hydrogen-bond donors (Lipinski definition) is 0. The van der Waals surface area contributed by atoms with E-state index in [0.717, 1.165) is 70.0 Å². The molecule has 5 nitrogen and oxygen atoms in total. The summed E-state index contributed by atoms with van der Waals surface area (Å²) in [7, 11) is 2.17. The van der Waals surface area contributed by atoms with Crippen LogP contribution >= 0.6 is 11.6 Å². The summed E-state index contributed by atoms with van der Waals surface area (Å²) in [5.74, 6) is 0.886. The summed E-state index contributed by atoms with van der Waals surface area (Å²) in [6.07, 6.45) is 6.89. The van der Waals surface area contributed by atoms with Crippen molar-refractivity contribution in [3.8, 4) is 0 Å². The highest BCUT2D eigenvalue weighted by molar-refractivity contribution is 6.30. The van der Waals surface area contributed by atoms with Gasteiger partial charge in [0.15, 0.2) is 0 Å². The Morgan fingerprint density at radius 3 is 2.56 bits per heavy atom. The van der Waals surface area contributed by atoms with E-state index in [1.807, 2.05) is 18.3 Å². The van der Waals surface area contributed by atoms with Gasteiger partial charge in [0.1, 0.15) is 0 Å². The lowest BCUT2D eigenvalue weighted by molar-refractivity contribution is -0.134. The summed E-state index contributed by atoms with van der Waals surface area (Å²) in [6, 6.07) is 10.7. The molecule has 3 aliphatic rings. The Morgan fingerprint density at radius 2 is 1.78 bits per heavy atom. The van der Waals surface area contributed by atoms with Crippen molar-refractivity contribution in [1.29, 1.82) is 0 Å². The van der Waals surface area contributed by atoms with Gasteiger partial charge in [0, 0.05) is 43.8 Å². The number of piperazine rings is 1. The Labute approximate surface area is 196 Å². The van der Waals surface area contributed by atoms with Crippen molar-refractivity contribution in [2.24, 2.45) is 5.92 Å². The Bertz CT molecular complexity index is 964. The molecule has 3 heterocycles. The Balaban J connectivity index is 1.30. The highest BCUT2D eigenvalue weighted by atomic mass is 35.5. The van der Waals surface area contributed by atoms with Gasteiger partial charge in [0.05, 0.1) is 11.7 Å². The fourth-order valence-electron chi connectivity index (χ4n) is 5.62. The van der Waals surface area contributed by atoms with Crippen molar-refractivity contribution in [1.82, 2.24) is 19.7 Å². The highest BCUT2D eigenvalue weighted by Gasteiger charge is 2.33. The number of amides is 1. The molecular formula is C26H33ClN4O. The molecule has 0 N–H and O–H groups in total.